The predicted octanol–water partition coefficient (Wildman–Crippen LogP) is 0.339. The standard InChI is InChI=1S/C13H18N2O7/c14-11(4-5-12(16)17)13(18)22-10-3-1-2-9(8-10)6-7-21-15(19)20/h1-3,8,11,19-20H,4-7,14H2,(H,16,17). The average molecular weight is 314 g/mol. The number of rotatable bonds is 9. The lowest BCUT2D eigenvalue weighted by molar-refractivity contribution is -0.492. The molecular weight excluding hydrogens is 296 g/mol. The summed E-state index contributed by atoms with van der Waals surface area (Å²) in [6, 6.07) is 5.50. The molecule has 9 heteroatoms. The molecule has 0 fully saturated rings. The van der Waals surface area contributed by atoms with Gasteiger partial charge >= 0.3 is 11.9 Å². The lowest BCUT2D eigenvalue weighted by atomic mass is 10.1. The molecule has 0 bridgehead atoms. The number of carbonyl (C=O) groups excluding carboxylic acids is 1. The van der Waals surface area contributed by atoms with Crippen molar-refractivity contribution < 1.29 is 34.7 Å². The average Bonchev–Trinajstić information content (AvgIpc) is 2.44. The van der Waals surface area contributed by atoms with Crippen molar-refractivity contribution in [2.75, 3.05) is 6.61 Å². The van der Waals surface area contributed by atoms with Crippen molar-refractivity contribution in [1.82, 2.24) is 5.39 Å². The van der Waals surface area contributed by atoms with Crippen molar-refractivity contribution in [3.05, 3.63) is 29.8 Å². The van der Waals surface area contributed by atoms with Crippen LogP contribution in [-0.2, 0) is 20.8 Å². The minimum Gasteiger partial charge on any atom is -0.481 e. The molecule has 1 rings (SSSR count). The van der Waals surface area contributed by atoms with E-state index in [9.17, 15) is 9.59 Å². The van der Waals surface area contributed by atoms with Crippen LogP contribution in [0.4, 0.5) is 0 Å². The zero-order chi connectivity index (χ0) is 16.5. The van der Waals surface area contributed by atoms with Gasteiger partial charge in [-0.2, -0.15) is 0 Å². The smallest absolute Gasteiger partial charge is 0.328 e. The first-order chi connectivity index (χ1) is 10.4. The lowest BCUT2D eigenvalue weighted by Crippen LogP contribution is -2.34. The van der Waals surface area contributed by atoms with Gasteiger partial charge in [0.1, 0.15) is 11.8 Å². The number of esters is 1. The van der Waals surface area contributed by atoms with Crippen LogP contribution < -0.4 is 10.5 Å². The minimum absolute atomic E-state index is 0.00939. The molecule has 0 amide bonds. The van der Waals surface area contributed by atoms with E-state index in [1.54, 1.807) is 24.3 Å². The molecule has 0 aliphatic heterocycles. The van der Waals surface area contributed by atoms with E-state index in [4.69, 9.17) is 26.0 Å². The predicted molar refractivity (Wildman–Crippen MR) is 72.0 cm³/mol. The number of hydrogen-bond acceptors (Lipinski definition) is 8. The summed E-state index contributed by atoms with van der Waals surface area (Å²) in [6.45, 7) is 0.0164. The van der Waals surface area contributed by atoms with E-state index < -0.39 is 18.0 Å². The number of carboxylic acid groups (broad SMARTS) is 1. The molecule has 1 unspecified atom stereocenters. The van der Waals surface area contributed by atoms with Crippen LogP contribution >= 0.6 is 0 Å². The van der Waals surface area contributed by atoms with Gasteiger partial charge in [-0.15, -0.1) is 0 Å². The van der Waals surface area contributed by atoms with Crippen molar-refractivity contribution in [3.8, 4) is 5.75 Å². The first-order valence-electron chi connectivity index (χ1n) is 6.47. The zero-order valence-corrected chi connectivity index (χ0v) is 11.7. The first-order valence-corrected chi connectivity index (χ1v) is 6.47. The molecule has 0 heterocycles. The summed E-state index contributed by atoms with van der Waals surface area (Å²) in [7, 11) is 0. The number of nitrogens with zero attached hydrogens (tertiary/aromatic N) is 1. The molecule has 0 saturated carbocycles. The SMILES string of the molecule is NC(CCC(=O)O)C(=O)Oc1cccc(CCON(O)O)c1. The Morgan fingerprint density at radius 1 is 1.32 bits per heavy atom. The van der Waals surface area contributed by atoms with E-state index in [0.717, 1.165) is 5.56 Å². The van der Waals surface area contributed by atoms with Gasteiger partial charge in [-0.25, -0.2) is 4.79 Å². The largest absolute Gasteiger partial charge is 0.481 e. The highest BCUT2D eigenvalue weighted by Crippen LogP contribution is 2.15. The number of ether oxygens (including phenoxy) is 1. The van der Waals surface area contributed by atoms with Crippen LogP contribution in [0.25, 0.3) is 0 Å². The topological polar surface area (TPSA) is 143 Å². The van der Waals surface area contributed by atoms with Crippen molar-refractivity contribution >= 4 is 11.9 Å². The van der Waals surface area contributed by atoms with Gasteiger partial charge in [-0.1, -0.05) is 12.1 Å². The second-order valence-corrected chi connectivity index (χ2v) is 4.44. The molecule has 9 nitrogen and oxygen atoms in total. The highest BCUT2D eigenvalue weighted by molar-refractivity contribution is 5.78. The number of nitrogens with two attached hydrogens (primary N) is 1. The van der Waals surface area contributed by atoms with Crippen molar-refractivity contribution in [1.29, 1.82) is 0 Å². The Morgan fingerprint density at radius 2 is 2.05 bits per heavy atom. The summed E-state index contributed by atoms with van der Waals surface area (Å²) in [6.07, 6.45) is 0.130. The van der Waals surface area contributed by atoms with Crippen LogP contribution in [0.15, 0.2) is 24.3 Å². The normalized spacial score (nSPS) is 12.2. The van der Waals surface area contributed by atoms with E-state index in [1.165, 1.54) is 0 Å². The van der Waals surface area contributed by atoms with Crippen LogP contribution in [-0.4, -0.2) is 45.5 Å². The van der Waals surface area contributed by atoms with Gasteiger partial charge in [-0.05, 0) is 30.5 Å². The molecular formula is C13H18N2O7. The third kappa shape index (κ3) is 7.11. The minimum atomic E-state index is -1.04. The van der Waals surface area contributed by atoms with Crippen LogP contribution in [0, 0.1) is 0 Å². The summed E-state index contributed by atoms with van der Waals surface area (Å²) in [5, 5.41) is 24.9. The maximum atomic E-state index is 11.7. The van der Waals surface area contributed by atoms with E-state index in [1.807, 2.05) is 0 Å². The fraction of sp³-hybridized carbons (Fsp3) is 0.385. The maximum Gasteiger partial charge on any atom is 0.328 e. The van der Waals surface area contributed by atoms with Gasteiger partial charge in [0.2, 0.25) is 0 Å². The Balaban J connectivity index is 2.51. The molecule has 1 aromatic rings. The highest BCUT2D eigenvalue weighted by atomic mass is 17.1. The summed E-state index contributed by atoms with van der Waals surface area (Å²) in [5.41, 5.74) is 6.29. The number of aliphatic carboxylic acids is 1. The number of benzene rings is 1. The Labute approximate surface area is 126 Å². The van der Waals surface area contributed by atoms with E-state index in [-0.39, 0.29) is 30.6 Å². The molecule has 1 aromatic carbocycles. The molecule has 1 atom stereocenters. The van der Waals surface area contributed by atoms with Gasteiger partial charge in [0.15, 0.2) is 0 Å². The van der Waals surface area contributed by atoms with E-state index in [0.29, 0.717) is 6.42 Å². The maximum absolute atomic E-state index is 11.7. The molecule has 5 N–H and O–H groups in total. The quantitative estimate of drug-likeness (QED) is 0.288. The van der Waals surface area contributed by atoms with Gasteiger partial charge in [0.25, 0.3) is 0 Å². The van der Waals surface area contributed by atoms with Crippen LogP contribution in [0.1, 0.15) is 18.4 Å². The van der Waals surface area contributed by atoms with E-state index >= 15 is 0 Å². The highest BCUT2D eigenvalue weighted by Gasteiger charge is 2.17. The Morgan fingerprint density at radius 3 is 2.68 bits per heavy atom. The second kappa shape index (κ2) is 9.07. The third-order valence-corrected chi connectivity index (χ3v) is 2.69. The van der Waals surface area contributed by atoms with Crippen molar-refractivity contribution in [2.45, 2.75) is 25.3 Å². The Hall–Kier alpha value is -2.04. The molecule has 0 radical (unpaired) electrons. The van der Waals surface area contributed by atoms with Crippen LogP contribution in [0.3, 0.4) is 0 Å². The van der Waals surface area contributed by atoms with Crippen LogP contribution in [0.5, 0.6) is 5.75 Å². The summed E-state index contributed by atoms with van der Waals surface area (Å²) in [5.74, 6) is -1.49. The van der Waals surface area contributed by atoms with Gasteiger partial charge in [-0.3, -0.25) is 20.0 Å². The monoisotopic (exact) mass is 314 g/mol. The third-order valence-electron chi connectivity index (χ3n) is 2.69. The summed E-state index contributed by atoms with van der Waals surface area (Å²) < 4.78 is 5.07. The van der Waals surface area contributed by atoms with Crippen molar-refractivity contribution in [2.24, 2.45) is 5.73 Å². The molecule has 0 spiro atoms. The Bertz CT molecular complexity index is 507. The van der Waals surface area contributed by atoms with Gasteiger partial charge < -0.3 is 15.6 Å². The molecule has 0 aliphatic rings. The number of hydrogen-bond donors (Lipinski definition) is 4. The summed E-state index contributed by atoms with van der Waals surface area (Å²) in [4.78, 5) is 26.5. The Kier molecular flexibility index (Phi) is 7.43. The fourth-order valence-electron chi connectivity index (χ4n) is 1.60. The second-order valence-electron chi connectivity index (χ2n) is 4.44. The first kappa shape index (κ1) is 18.0. The lowest BCUT2D eigenvalue weighted by Gasteiger charge is -2.11. The molecule has 0 saturated heterocycles. The number of carbonyl (C=O) groups is 2. The fourth-order valence-corrected chi connectivity index (χ4v) is 1.60. The van der Waals surface area contributed by atoms with Crippen molar-refractivity contribution in [3.63, 3.8) is 0 Å². The molecule has 122 valence electrons. The number of carboxylic acids is 1. The van der Waals surface area contributed by atoms with Gasteiger partial charge in [0.05, 0.1) is 12.0 Å². The molecule has 0 aliphatic carbocycles. The summed E-state index contributed by atoms with van der Waals surface area (Å²) >= 11 is 0. The zero-order valence-electron chi connectivity index (χ0n) is 11.7. The van der Waals surface area contributed by atoms with Gasteiger partial charge in [0, 0.05) is 6.42 Å². The van der Waals surface area contributed by atoms with Crippen LogP contribution in [0.2, 0.25) is 0 Å². The van der Waals surface area contributed by atoms with E-state index in [2.05, 4.69) is 4.84 Å². The molecule has 22 heavy (non-hydrogen) atoms. The molecule has 0 aromatic heterocycles.